The van der Waals surface area contributed by atoms with E-state index >= 15 is 0 Å². The number of rotatable bonds is 2. The molecule has 0 aliphatic carbocycles. The topological polar surface area (TPSA) is 9.23 Å². The first-order valence-corrected chi connectivity index (χ1v) is 5.90. The first kappa shape index (κ1) is 11.2. The molecule has 82 valence electrons. The second kappa shape index (κ2) is 4.71. The summed E-state index contributed by atoms with van der Waals surface area (Å²) < 4.78 is 6.28. The highest BCUT2D eigenvalue weighted by molar-refractivity contribution is 9.10. The Hall–Kier alpha value is -1.28. The standard InChI is InChI=1S/C14H13BrO/c1-10-3-4-12(9-14(10)15)11-5-7-13(16-2)8-6-11/h3-9H,1-2H3. The summed E-state index contributed by atoms with van der Waals surface area (Å²) in [5.74, 6) is 0.884. The van der Waals surface area contributed by atoms with Crippen molar-refractivity contribution in [3.05, 3.63) is 52.5 Å². The minimum absolute atomic E-state index is 0.884. The highest BCUT2D eigenvalue weighted by atomic mass is 79.9. The van der Waals surface area contributed by atoms with E-state index in [1.807, 2.05) is 12.1 Å². The maximum absolute atomic E-state index is 5.14. The molecule has 0 fully saturated rings. The highest BCUT2D eigenvalue weighted by Gasteiger charge is 2.00. The van der Waals surface area contributed by atoms with Crippen LogP contribution in [-0.2, 0) is 0 Å². The molecule has 0 bridgehead atoms. The number of aryl methyl sites for hydroxylation is 1. The van der Waals surface area contributed by atoms with Gasteiger partial charge in [0.25, 0.3) is 0 Å². The van der Waals surface area contributed by atoms with Crippen LogP contribution in [0.2, 0.25) is 0 Å². The van der Waals surface area contributed by atoms with Crippen molar-refractivity contribution in [2.75, 3.05) is 7.11 Å². The van der Waals surface area contributed by atoms with Crippen molar-refractivity contribution < 1.29 is 4.74 Å². The molecule has 2 rings (SSSR count). The Labute approximate surface area is 104 Å². The smallest absolute Gasteiger partial charge is 0.118 e. The van der Waals surface area contributed by atoms with E-state index in [1.54, 1.807) is 7.11 Å². The monoisotopic (exact) mass is 276 g/mol. The molecular formula is C14H13BrO. The summed E-state index contributed by atoms with van der Waals surface area (Å²) in [6.07, 6.45) is 0. The van der Waals surface area contributed by atoms with Crippen molar-refractivity contribution >= 4 is 15.9 Å². The van der Waals surface area contributed by atoms with Crippen molar-refractivity contribution in [2.24, 2.45) is 0 Å². The van der Waals surface area contributed by atoms with Gasteiger partial charge in [0.2, 0.25) is 0 Å². The zero-order chi connectivity index (χ0) is 11.5. The van der Waals surface area contributed by atoms with E-state index < -0.39 is 0 Å². The molecule has 0 spiro atoms. The molecule has 2 heteroatoms. The summed E-state index contributed by atoms with van der Waals surface area (Å²) in [7, 11) is 1.68. The Morgan fingerprint density at radius 1 is 0.938 bits per heavy atom. The van der Waals surface area contributed by atoms with Gasteiger partial charge in [-0.15, -0.1) is 0 Å². The van der Waals surface area contributed by atoms with Gasteiger partial charge in [0.05, 0.1) is 7.11 Å². The Morgan fingerprint density at radius 2 is 1.56 bits per heavy atom. The van der Waals surface area contributed by atoms with E-state index in [9.17, 15) is 0 Å². The van der Waals surface area contributed by atoms with Gasteiger partial charge in [-0.1, -0.05) is 40.2 Å². The first-order chi connectivity index (χ1) is 7.70. The summed E-state index contributed by atoms with van der Waals surface area (Å²) in [5.41, 5.74) is 3.65. The average molecular weight is 277 g/mol. The maximum atomic E-state index is 5.14. The quantitative estimate of drug-likeness (QED) is 0.788. The number of halogens is 1. The second-order valence-corrected chi connectivity index (χ2v) is 4.55. The van der Waals surface area contributed by atoms with Gasteiger partial charge >= 0.3 is 0 Å². The zero-order valence-electron chi connectivity index (χ0n) is 9.33. The third-order valence-corrected chi connectivity index (χ3v) is 3.45. The van der Waals surface area contributed by atoms with Gasteiger partial charge in [-0.25, -0.2) is 0 Å². The van der Waals surface area contributed by atoms with Crippen molar-refractivity contribution in [3.8, 4) is 16.9 Å². The lowest BCUT2D eigenvalue weighted by molar-refractivity contribution is 0.415. The lowest BCUT2D eigenvalue weighted by Gasteiger charge is -2.05. The minimum Gasteiger partial charge on any atom is -0.497 e. The zero-order valence-corrected chi connectivity index (χ0v) is 10.9. The van der Waals surface area contributed by atoms with Crippen LogP contribution in [0, 0.1) is 6.92 Å². The van der Waals surface area contributed by atoms with E-state index in [1.165, 1.54) is 16.7 Å². The number of hydrogen-bond acceptors (Lipinski definition) is 1. The molecule has 1 nitrogen and oxygen atoms in total. The average Bonchev–Trinajstić information content (AvgIpc) is 2.33. The predicted octanol–water partition coefficient (Wildman–Crippen LogP) is 4.43. The van der Waals surface area contributed by atoms with Crippen LogP contribution in [0.4, 0.5) is 0 Å². The molecule has 0 aliphatic heterocycles. The summed E-state index contributed by atoms with van der Waals surface area (Å²) in [5, 5.41) is 0. The van der Waals surface area contributed by atoms with Gasteiger partial charge in [-0.05, 0) is 41.8 Å². The molecule has 2 aromatic carbocycles. The van der Waals surface area contributed by atoms with Crippen LogP contribution < -0.4 is 4.74 Å². The van der Waals surface area contributed by atoms with Crippen LogP contribution in [0.1, 0.15) is 5.56 Å². The molecule has 0 N–H and O–H groups in total. The van der Waals surface area contributed by atoms with Crippen LogP contribution in [0.3, 0.4) is 0 Å². The second-order valence-electron chi connectivity index (χ2n) is 3.69. The third kappa shape index (κ3) is 2.27. The molecule has 0 amide bonds. The fourth-order valence-corrected chi connectivity index (χ4v) is 1.93. The highest BCUT2D eigenvalue weighted by Crippen LogP contribution is 2.26. The van der Waals surface area contributed by atoms with Crippen molar-refractivity contribution in [1.29, 1.82) is 0 Å². The molecule has 0 aliphatic rings. The lowest BCUT2D eigenvalue weighted by atomic mass is 10.0. The van der Waals surface area contributed by atoms with E-state index in [2.05, 4.69) is 53.2 Å². The van der Waals surface area contributed by atoms with Crippen molar-refractivity contribution in [1.82, 2.24) is 0 Å². The van der Waals surface area contributed by atoms with Gasteiger partial charge in [-0.2, -0.15) is 0 Å². The molecule has 0 aromatic heterocycles. The van der Waals surface area contributed by atoms with E-state index in [0.717, 1.165) is 10.2 Å². The summed E-state index contributed by atoms with van der Waals surface area (Å²) in [4.78, 5) is 0. The molecule has 0 saturated carbocycles. The van der Waals surface area contributed by atoms with Gasteiger partial charge < -0.3 is 4.74 Å². The van der Waals surface area contributed by atoms with Crippen LogP contribution in [0.25, 0.3) is 11.1 Å². The molecular weight excluding hydrogens is 264 g/mol. The summed E-state index contributed by atoms with van der Waals surface area (Å²) >= 11 is 3.55. The number of hydrogen-bond donors (Lipinski definition) is 0. The molecule has 0 saturated heterocycles. The largest absolute Gasteiger partial charge is 0.497 e. The van der Waals surface area contributed by atoms with Gasteiger partial charge in [-0.3, -0.25) is 0 Å². The Morgan fingerprint density at radius 3 is 2.12 bits per heavy atom. The van der Waals surface area contributed by atoms with Gasteiger partial charge in [0, 0.05) is 4.47 Å². The normalized spacial score (nSPS) is 10.2. The molecule has 0 radical (unpaired) electrons. The van der Waals surface area contributed by atoms with E-state index in [4.69, 9.17) is 4.74 Å². The Balaban J connectivity index is 2.38. The molecule has 2 aromatic rings. The Bertz CT molecular complexity index is 489. The molecule has 16 heavy (non-hydrogen) atoms. The fourth-order valence-electron chi connectivity index (χ4n) is 1.56. The predicted molar refractivity (Wildman–Crippen MR) is 70.9 cm³/mol. The molecule has 0 atom stereocenters. The summed E-state index contributed by atoms with van der Waals surface area (Å²) in [6.45, 7) is 2.09. The van der Waals surface area contributed by atoms with E-state index in [0.29, 0.717) is 0 Å². The fraction of sp³-hybridized carbons (Fsp3) is 0.143. The lowest BCUT2D eigenvalue weighted by Crippen LogP contribution is -1.83. The van der Waals surface area contributed by atoms with Gasteiger partial charge in [0.15, 0.2) is 0 Å². The van der Waals surface area contributed by atoms with Crippen LogP contribution >= 0.6 is 15.9 Å². The van der Waals surface area contributed by atoms with E-state index in [-0.39, 0.29) is 0 Å². The number of benzene rings is 2. The SMILES string of the molecule is COc1ccc(-c2ccc(C)c(Br)c2)cc1. The molecule has 0 heterocycles. The van der Waals surface area contributed by atoms with Crippen molar-refractivity contribution in [3.63, 3.8) is 0 Å². The van der Waals surface area contributed by atoms with Crippen LogP contribution in [0.5, 0.6) is 5.75 Å². The summed E-state index contributed by atoms with van der Waals surface area (Å²) in [6, 6.07) is 14.5. The van der Waals surface area contributed by atoms with Crippen molar-refractivity contribution in [2.45, 2.75) is 6.92 Å². The number of ether oxygens (including phenoxy) is 1. The number of methoxy groups -OCH3 is 1. The third-order valence-electron chi connectivity index (χ3n) is 2.60. The van der Waals surface area contributed by atoms with Crippen LogP contribution in [0.15, 0.2) is 46.9 Å². The Kier molecular flexibility index (Phi) is 3.30. The molecule has 0 unspecified atom stereocenters. The van der Waals surface area contributed by atoms with Crippen LogP contribution in [-0.4, -0.2) is 7.11 Å². The first-order valence-electron chi connectivity index (χ1n) is 5.11. The van der Waals surface area contributed by atoms with Gasteiger partial charge in [0.1, 0.15) is 5.75 Å². The maximum Gasteiger partial charge on any atom is 0.118 e. The minimum atomic E-state index is 0.884.